The van der Waals surface area contributed by atoms with Crippen molar-refractivity contribution in [3.8, 4) is 23.1 Å². The van der Waals surface area contributed by atoms with Crippen LogP contribution < -0.4 is 0 Å². The van der Waals surface area contributed by atoms with Gasteiger partial charge in [0.15, 0.2) is 11.6 Å². The lowest BCUT2D eigenvalue weighted by Crippen LogP contribution is -1.98. The van der Waals surface area contributed by atoms with E-state index in [1.54, 1.807) is 29.1 Å². The van der Waals surface area contributed by atoms with Crippen molar-refractivity contribution >= 4 is 16.7 Å². The highest BCUT2D eigenvalue weighted by atomic mass is 16.1. The van der Waals surface area contributed by atoms with E-state index in [-0.39, 0.29) is 5.78 Å². The van der Waals surface area contributed by atoms with Crippen molar-refractivity contribution < 1.29 is 4.79 Å². The predicted molar refractivity (Wildman–Crippen MR) is 102 cm³/mol. The molecule has 0 bridgehead atoms. The van der Waals surface area contributed by atoms with Crippen LogP contribution in [0, 0.1) is 18.3 Å². The number of carbonyl (C=O) groups is 1. The number of carbonyl (C=O) groups excluding carboxylic acids is 1. The average Bonchev–Trinajstić information content (AvgIpc) is 3.11. The summed E-state index contributed by atoms with van der Waals surface area (Å²) in [5.41, 5.74) is 3.81. The van der Waals surface area contributed by atoms with E-state index in [2.05, 4.69) is 21.1 Å². The van der Waals surface area contributed by atoms with Gasteiger partial charge in [0.25, 0.3) is 0 Å². The number of hydrogen-bond donors (Lipinski definition) is 0. The van der Waals surface area contributed by atoms with Crippen molar-refractivity contribution in [1.82, 2.24) is 19.7 Å². The highest BCUT2D eigenvalue weighted by Gasteiger charge is 2.12. The molecule has 3 aromatic heterocycles. The van der Waals surface area contributed by atoms with E-state index in [1.807, 2.05) is 37.3 Å². The molecule has 0 aliphatic carbocycles. The number of nitrogens with zero attached hydrogens (tertiary/aromatic N) is 5. The fourth-order valence-corrected chi connectivity index (χ4v) is 2.93. The molecule has 6 heteroatoms. The van der Waals surface area contributed by atoms with Crippen LogP contribution in [0.2, 0.25) is 0 Å². The van der Waals surface area contributed by atoms with Gasteiger partial charge in [0.2, 0.25) is 0 Å². The van der Waals surface area contributed by atoms with Gasteiger partial charge in [-0.1, -0.05) is 12.1 Å². The van der Waals surface area contributed by atoms with Gasteiger partial charge in [-0.3, -0.25) is 4.79 Å². The van der Waals surface area contributed by atoms with Gasteiger partial charge in [0.1, 0.15) is 5.69 Å². The Bertz CT molecular complexity index is 1230. The molecule has 6 nitrogen and oxygen atoms in total. The molecule has 0 spiro atoms. The van der Waals surface area contributed by atoms with E-state index < -0.39 is 0 Å². The minimum atomic E-state index is -0.103. The lowest BCUT2D eigenvalue weighted by atomic mass is 10.0. The van der Waals surface area contributed by atoms with Crippen LogP contribution in [0.4, 0.5) is 0 Å². The number of aryl methyl sites for hydroxylation is 1. The number of hydrogen-bond acceptors (Lipinski definition) is 5. The normalized spacial score (nSPS) is 10.7. The van der Waals surface area contributed by atoms with Crippen LogP contribution >= 0.6 is 0 Å². The Morgan fingerprint density at radius 1 is 1.11 bits per heavy atom. The largest absolute Gasteiger partial charge is 0.293 e. The Morgan fingerprint density at radius 3 is 2.67 bits per heavy atom. The number of fused-ring (bicyclic) bond motifs is 1. The van der Waals surface area contributed by atoms with Crippen molar-refractivity contribution in [3.05, 3.63) is 71.7 Å². The fraction of sp³-hybridized carbons (Fsp3) is 0.0952. The summed E-state index contributed by atoms with van der Waals surface area (Å²) in [6.45, 7) is 3.39. The maximum atomic E-state index is 11.6. The first-order valence-corrected chi connectivity index (χ1v) is 8.41. The van der Waals surface area contributed by atoms with Gasteiger partial charge >= 0.3 is 0 Å². The van der Waals surface area contributed by atoms with E-state index >= 15 is 0 Å². The van der Waals surface area contributed by atoms with Gasteiger partial charge < -0.3 is 0 Å². The Labute approximate surface area is 155 Å². The highest BCUT2D eigenvalue weighted by molar-refractivity contribution is 5.93. The third kappa shape index (κ3) is 3.07. The number of benzene rings is 1. The molecule has 0 saturated heterocycles. The minimum absolute atomic E-state index is 0.103. The van der Waals surface area contributed by atoms with Crippen molar-refractivity contribution in [2.45, 2.75) is 13.8 Å². The first-order valence-electron chi connectivity index (χ1n) is 8.41. The summed E-state index contributed by atoms with van der Waals surface area (Å²) in [5.74, 6) is 0.585. The van der Waals surface area contributed by atoms with E-state index in [1.165, 1.54) is 6.92 Å². The Kier molecular flexibility index (Phi) is 3.98. The summed E-state index contributed by atoms with van der Waals surface area (Å²) >= 11 is 0. The summed E-state index contributed by atoms with van der Waals surface area (Å²) in [7, 11) is 0. The van der Waals surface area contributed by atoms with Crippen molar-refractivity contribution in [2.24, 2.45) is 0 Å². The maximum Gasteiger partial charge on any atom is 0.178 e. The molecule has 4 rings (SSSR count). The molecule has 130 valence electrons. The van der Waals surface area contributed by atoms with E-state index in [4.69, 9.17) is 0 Å². The van der Waals surface area contributed by atoms with Crippen LogP contribution in [0.15, 0.2) is 54.7 Å². The first kappa shape index (κ1) is 16.6. The summed E-state index contributed by atoms with van der Waals surface area (Å²) in [5, 5.41) is 14.9. The van der Waals surface area contributed by atoms with Gasteiger partial charge in [-0.15, -0.1) is 0 Å². The fourth-order valence-electron chi connectivity index (χ4n) is 2.93. The molecule has 0 atom stereocenters. The lowest BCUT2D eigenvalue weighted by Gasteiger charge is -2.04. The molecule has 0 N–H and O–H groups in total. The molecular formula is C21H15N5O. The van der Waals surface area contributed by atoms with Crippen LogP contribution in [0.3, 0.4) is 0 Å². The summed E-state index contributed by atoms with van der Waals surface area (Å²) in [6.07, 6.45) is 1.80. The second-order valence-corrected chi connectivity index (χ2v) is 6.24. The van der Waals surface area contributed by atoms with Gasteiger partial charge in [-0.25, -0.2) is 14.6 Å². The molecule has 0 unspecified atom stereocenters. The first-order chi connectivity index (χ1) is 13.0. The molecule has 0 aliphatic heterocycles. The number of nitriles is 1. The average molecular weight is 353 g/mol. The second-order valence-electron chi connectivity index (χ2n) is 6.24. The molecule has 0 amide bonds. The van der Waals surface area contributed by atoms with Crippen LogP contribution in [-0.2, 0) is 0 Å². The molecule has 0 fully saturated rings. The number of Topliss-reactive ketones (excluding diaryl/α,β-unsaturated/α-hetero) is 1. The zero-order chi connectivity index (χ0) is 19.0. The smallest absolute Gasteiger partial charge is 0.178 e. The van der Waals surface area contributed by atoms with Gasteiger partial charge in [0, 0.05) is 29.8 Å². The molecule has 3 heterocycles. The Morgan fingerprint density at radius 2 is 1.93 bits per heavy atom. The second kappa shape index (κ2) is 6.46. The predicted octanol–water partition coefficient (Wildman–Crippen LogP) is 3.87. The van der Waals surface area contributed by atoms with Crippen molar-refractivity contribution in [2.75, 3.05) is 0 Å². The zero-order valence-electron chi connectivity index (χ0n) is 14.8. The molecule has 0 saturated carbocycles. The summed E-state index contributed by atoms with van der Waals surface area (Å²) < 4.78 is 1.67. The molecular weight excluding hydrogens is 338 g/mol. The lowest BCUT2D eigenvalue weighted by molar-refractivity contribution is 0.101. The van der Waals surface area contributed by atoms with Gasteiger partial charge in [-0.2, -0.15) is 10.4 Å². The number of pyridine rings is 2. The SMILES string of the molecule is CC(=O)c1cccc(-c2cc(C#N)c3cn(-c4cccc(C)n4)nc3c2)n1. The minimum Gasteiger partial charge on any atom is -0.293 e. The van der Waals surface area contributed by atoms with E-state index in [0.29, 0.717) is 28.3 Å². The molecule has 0 aliphatic rings. The quantitative estimate of drug-likeness (QED) is 0.522. The maximum absolute atomic E-state index is 11.6. The molecule has 1 aromatic carbocycles. The third-order valence-corrected chi connectivity index (χ3v) is 4.26. The van der Waals surface area contributed by atoms with Gasteiger partial charge in [0.05, 0.1) is 22.8 Å². The number of rotatable bonds is 3. The summed E-state index contributed by atoms with van der Waals surface area (Å²) in [6, 6.07) is 16.8. The van der Waals surface area contributed by atoms with Gasteiger partial charge in [-0.05, 0) is 43.3 Å². The third-order valence-electron chi connectivity index (χ3n) is 4.26. The van der Waals surface area contributed by atoms with Crippen LogP contribution in [0.25, 0.3) is 28.0 Å². The molecule has 27 heavy (non-hydrogen) atoms. The van der Waals surface area contributed by atoms with E-state index in [9.17, 15) is 10.1 Å². The van der Waals surface area contributed by atoms with Crippen LogP contribution in [-0.4, -0.2) is 25.5 Å². The van der Waals surface area contributed by atoms with E-state index in [0.717, 1.165) is 16.6 Å². The van der Waals surface area contributed by atoms with Crippen LogP contribution in [0.5, 0.6) is 0 Å². The molecule has 4 aromatic rings. The standard InChI is InChI=1S/C21H15N5O/c1-13-5-3-8-21(23-13)26-12-17-16(11-22)9-15(10-20(17)25-26)19-7-4-6-18(24-19)14(2)27/h3-10,12H,1-2H3. The number of aromatic nitrogens is 4. The monoisotopic (exact) mass is 353 g/mol. The van der Waals surface area contributed by atoms with Crippen molar-refractivity contribution in [1.29, 1.82) is 5.26 Å². The Balaban J connectivity index is 1.89. The molecule has 0 radical (unpaired) electrons. The zero-order valence-corrected chi connectivity index (χ0v) is 14.8. The highest BCUT2D eigenvalue weighted by Crippen LogP contribution is 2.27. The Hall–Kier alpha value is -3.85. The number of ketones is 1. The van der Waals surface area contributed by atoms with Crippen molar-refractivity contribution in [3.63, 3.8) is 0 Å². The van der Waals surface area contributed by atoms with Crippen LogP contribution in [0.1, 0.15) is 28.7 Å². The summed E-state index contributed by atoms with van der Waals surface area (Å²) in [4.78, 5) is 20.5. The topological polar surface area (TPSA) is 84.5 Å².